The van der Waals surface area contributed by atoms with E-state index in [1.165, 1.54) is 5.69 Å². The van der Waals surface area contributed by atoms with Crippen LogP contribution in [0.1, 0.15) is 25.0 Å². The van der Waals surface area contributed by atoms with E-state index in [1.807, 2.05) is 18.3 Å². The number of Topliss-reactive ketones (excluding diaryl/α,β-unsaturated/α-hetero) is 1. The number of carbonyl (C=O) groups excluding carboxylic acids is 1. The van der Waals surface area contributed by atoms with Gasteiger partial charge in [-0.3, -0.25) is 4.79 Å². The molecular formula is C9H11NO. The van der Waals surface area contributed by atoms with Gasteiger partial charge in [-0.1, -0.05) is 0 Å². The minimum atomic E-state index is 0.300. The van der Waals surface area contributed by atoms with Crippen LogP contribution in [-0.4, -0.2) is 10.8 Å². The molecule has 2 atom stereocenters. The fourth-order valence-electron chi connectivity index (χ4n) is 1.56. The van der Waals surface area contributed by atoms with Crippen molar-refractivity contribution in [3.8, 4) is 0 Å². The summed E-state index contributed by atoms with van der Waals surface area (Å²) < 4.78 is 0. The lowest BCUT2D eigenvalue weighted by atomic mass is 10.2. The predicted molar refractivity (Wildman–Crippen MR) is 42.3 cm³/mol. The molecule has 1 fully saturated rings. The first-order valence-corrected chi connectivity index (χ1v) is 3.93. The molecule has 0 amide bonds. The largest absolute Gasteiger partial charge is 0.365 e. The number of aromatic nitrogens is 1. The molecule has 0 radical (unpaired) electrons. The Morgan fingerprint density at radius 2 is 2.55 bits per heavy atom. The highest BCUT2D eigenvalue weighted by molar-refractivity contribution is 5.82. The van der Waals surface area contributed by atoms with E-state index in [0.29, 0.717) is 17.6 Å². The SMILES string of the molecule is CC(=O)C1CC1c1ccc[nH]1. The van der Waals surface area contributed by atoms with Crippen molar-refractivity contribution in [1.82, 2.24) is 4.98 Å². The molecule has 0 saturated heterocycles. The monoisotopic (exact) mass is 149 g/mol. The number of aromatic amines is 1. The molecule has 11 heavy (non-hydrogen) atoms. The fraction of sp³-hybridized carbons (Fsp3) is 0.444. The summed E-state index contributed by atoms with van der Waals surface area (Å²) in [6.45, 7) is 1.67. The third kappa shape index (κ3) is 1.09. The summed E-state index contributed by atoms with van der Waals surface area (Å²) in [6, 6.07) is 4.03. The molecule has 1 N–H and O–H groups in total. The zero-order valence-corrected chi connectivity index (χ0v) is 6.50. The van der Waals surface area contributed by atoms with Gasteiger partial charge in [0, 0.05) is 23.7 Å². The number of rotatable bonds is 2. The van der Waals surface area contributed by atoms with Crippen LogP contribution >= 0.6 is 0 Å². The van der Waals surface area contributed by atoms with E-state index >= 15 is 0 Å². The van der Waals surface area contributed by atoms with Crippen molar-refractivity contribution >= 4 is 5.78 Å². The minimum absolute atomic E-state index is 0.300. The summed E-state index contributed by atoms with van der Waals surface area (Å²) in [7, 11) is 0. The van der Waals surface area contributed by atoms with Gasteiger partial charge in [0.2, 0.25) is 0 Å². The number of nitrogens with one attached hydrogen (secondary N) is 1. The minimum Gasteiger partial charge on any atom is -0.365 e. The van der Waals surface area contributed by atoms with Gasteiger partial charge in [-0.15, -0.1) is 0 Å². The maximum absolute atomic E-state index is 10.9. The molecular weight excluding hydrogens is 138 g/mol. The van der Waals surface area contributed by atoms with Crippen molar-refractivity contribution in [2.45, 2.75) is 19.3 Å². The molecule has 2 nitrogen and oxygen atoms in total. The topological polar surface area (TPSA) is 32.9 Å². The van der Waals surface area contributed by atoms with Crippen LogP contribution in [0.5, 0.6) is 0 Å². The highest BCUT2D eigenvalue weighted by Crippen LogP contribution is 2.47. The van der Waals surface area contributed by atoms with E-state index in [0.717, 1.165) is 6.42 Å². The molecule has 1 saturated carbocycles. The molecule has 2 unspecified atom stereocenters. The maximum atomic E-state index is 10.9. The molecule has 0 spiro atoms. The molecule has 58 valence electrons. The van der Waals surface area contributed by atoms with Gasteiger partial charge in [0.1, 0.15) is 5.78 Å². The van der Waals surface area contributed by atoms with Crippen LogP contribution in [0.25, 0.3) is 0 Å². The molecule has 2 heteroatoms. The van der Waals surface area contributed by atoms with Gasteiger partial charge in [0.15, 0.2) is 0 Å². The normalized spacial score (nSPS) is 28.5. The second-order valence-corrected chi connectivity index (χ2v) is 3.18. The average molecular weight is 149 g/mol. The Balaban J connectivity index is 2.08. The van der Waals surface area contributed by atoms with Gasteiger partial charge in [-0.2, -0.15) is 0 Å². The number of carbonyl (C=O) groups is 1. The Kier molecular flexibility index (Phi) is 1.34. The van der Waals surface area contributed by atoms with Crippen molar-refractivity contribution in [3.05, 3.63) is 24.0 Å². The van der Waals surface area contributed by atoms with Crippen LogP contribution in [0.2, 0.25) is 0 Å². The summed E-state index contributed by atoms with van der Waals surface area (Å²) in [5.74, 6) is 1.11. The number of H-pyrrole nitrogens is 1. The lowest BCUT2D eigenvalue weighted by Crippen LogP contribution is -1.94. The van der Waals surface area contributed by atoms with Gasteiger partial charge in [0.25, 0.3) is 0 Å². The predicted octanol–water partition coefficient (Wildman–Crippen LogP) is 1.71. The van der Waals surface area contributed by atoms with E-state index in [4.69, 9.17) is 0 Å². The lowest BCUT2D eigenvalue weighted by Gasteiger charge is -1.91. The first kappa shape index (κ1) is 6.65. The van der Waals surface area contributed by atoms with E-state index in [1.54, 1.807) is 6.92 Å². The van der Waals surface area contributed by atoms with Crippen molar-refractivity contribution in [2.24, 2.45) is 5.92 Å². The molecule has 0 aromatic carbocycles. The first-order chi connectivity index (χ1) is 5.29. The van der Waals surface area contributed by atoms with Gasteiger partial charge in [0.05, 0.1) is 0 Å². The smallest absolute Gasteiger partial charge is 0.133 e. The Bertz CT molecular complexity index is 263. The van der Waals surface area contributed by atoms with Crippen molar-refractivity contribution < 1.29 is 4.79 Å². The molecule has 2 rings (SSSR count). The second-order valence-electron chi connectivity index (χ2n) is 3.18. The van der Waals surface area contributed by atoms with Crippen LogP contribution in [0.4, 0.5) is 0 Å². The molecule has 0 aliphatic heterocycles. The van der Waals surface area contributed by atoms with Crippen LogP contribution in [0.3, 0.4) is 0 Å². The summed E-state index contributed by atoms with van der Waals surface area (Å²) >= 11 is 0. The first-order valence-electron chi connectivity index (χ1n) is 3.93. The highest BCUT2D eigenvalue weighted by atomic mass is 16.1. The number of hydrogen-bond acceptors (Lipinski definition) is 1. The quantitative estimate of drug-likeness (QED) is 0.682. The zero-order chi connectivity index (χ0) is 7.84. The van der Waals surface area contributed by atoms with Gasteiger partial charge in [-0.05, 0) is 25.5 Å². The second kappa shape index (κ2) is 2.22. The summed E-state index contributed by atoms with van der Waals surface area (Å²) in [5.41, 5.74) is 1.21. The maximum Gasteiger partial charge on any atom is 0.133 e. The van der Waals surface area contributed by atoms with Crippen LogP contribution in [0, 0.1) is 5.92 Å². The van der Waals surface area contributed by atoms with Crippen molar-refractivity contribution in [3.63, 3.8) is 0 Å². The fourth-order valence-corrected chi connectivity index (χ4v) is 1.56. The van der Waals surface area contributed by atoms with Gasteiger partial charge in [-0.25, -0.2) is 0 Å². The Morgan fingerprint density at radius 3 is 3.00 bits per heavy atom. The third-order valence-corrected chi connectivity index (χ3v) is 2.33. The van der Waals surface area contributed by atoms with E-state index in [-0.39, 0.29) is 0 Å². The summed E-state index contributed by atoms with van der Waals surface area (Å²) in [6.07, 6.45) is 2.95. The van der Waals surface area contributed by atoms with Crippen molar-refractivity contribution in [2.75, 3.05) is 0 Å². The standard InChI is InChI=1S/C9H11NO/c1-6(11)7-5-8(7)9-3-2-4-10-9/h2-4,7-8,10H,5H2,1H3. The summed E-state index contributed by atoms with van der Waals surface area (Å²) in [5, 5.41) is 0. The van der Waals surface area contributed by atoms with Gasteiger partial charge >= 0.3 is 0 Å². The van der Waals surface area contributed by atoms with Crippen LogP contribution < -0.4 is 0 Å². The highest BCUT2D eigenvalue weighted by Gasteiger charge is 2.42. The van der Waals surface area contributed by atoms with Crippen molar-refractivity contribution in [1.29, 1.82) is 0 Å². The molecule has 1 aliphatic rings. The van der Waals surface area contributed by atoms with Crippen LogP contribution in [0.15, 0.2) is 18.3 Å². The Hall–Kier alpha value is -1.05. The van der Waals surface area contributed by atoms with Crippen LogP contribution in [-0.2, 0) is 4.79 Å². The Morgan fingerprint density at radius 1 is 1.73 bits per heavy atom. The molecule has 0 bridgehead atoms. The average Bonchev–Trinajstić information content (AvgIpc) is 2.60. The zero-order valence-electron chi connectivity index (χ0n) is 6.50. The summed E-state index contributed by atoms with van der Waals surface area (Å²) in [4.78, 5) is 14.0. The third-order valence-electron chi connectivity index (χ3n) is 2.33. The van der Waals surface area contributed by atoms with E-state index < -0.39 is 0 Å². The van der Waals surface area contributed by atoms with Gasteiger partial charge < -0.3 is 4.98 Å². The molecule has 1 aromatic rings. The van der Waals surface area contributed by atoms with E-state index in [9.17, 15) is 4.79 Å². The molecule has 1 aromatic heterocycles. The molecule has 1 aliphatic carbocycles. The Labute approximate surface area is 65.6 Å². The van der Waals surface area contributed by atoms with E-state index in [2.05, 4.69) is 4.98 Å². The number of ketones is 1. The number of hydrogen-bond donors (Lipinski definition) is 1. The molecule has 1 heterocycles. The lowest BCUT2D eigenvalue weighted by molar-refractivity contribution is -0.118.